The molecule has 0 aliphatic rings. The summed E-state index contributed by atoms with van der Waals surface area (Å²) in [6, 6.07) is 7.40. The van der Waals surface area contributed by atoms with Crippen molar-refractivity contribution in [3.8, 4) is 17.6 Å². The topological polar surface area (TPSA) is 75.8 Å². The third-order valence-electron chi connectivity index (χ3n) is 4.47. The molecule has 2 rings (SSSR count). The summed E-state index contributed by atoms with van der Waals surface area (Å²) in [5, 5.41) is 14.3. The molecule has 1 heterocycles. The van der Waals surface area contributed by atoms with E-state index in [4.69, 9.17) is 14.7 Å². The fraction of sp³-hybridized carbons (Fsp3) is 0.368. The second kappa shape index (κ2) is 8.70. The van der Waals surface area contributed by atoms with Gasteiger partial charge < -0.3 is 19.7 Å². The van der Waals surface area contributed by atoms with Gasteiger partial charge in [0.2, 0.25) is 0 Å². The zero-order valence-electron chi connectivity index (χ0n) is 15.7. The number of hydrogen-bond acceptors (Lipinski definition) is 5. The smallest absolute Gasteiger partial charge is 0.283 e. The Kier molecular flexibility index (Phi) is 6.61. The maximum atomic E-state index is 12.5. The minimum Gasteiger partial charge on any atom is -0.493 e. The van der Waals surface area contributed by atoms with E-state index in [2.05, 4.69) is 11.4 Å². The minimum absolute atomic E-state index is 0.112. The lowest BCUT2D eigenvalue weighted by Crippen LogP contribution is -3.12. The molecule has 0 fully saturated rings. The summed E-state index contributed by atoms with van der Waals surface area (Å²) in [6.07, 6.45) is 0. The highest BCUT2D eigenvalue weighted by Crippen LogP contribution is 2.30. The van der Waals surface area contributed by atoms with Gasteiger partial charge in [-0.05, 0) is 43.0 Å². The van der Waals surface area contributed by atoms with Crippen molar-refractivity contribution in [1.82, 2.24) is 0 Å². The van der Waals surface area contributed by atoms with Gasteiger partial charge in [0.15, 0.2) is 17.5 Å². The Hall–Kier alpha value is -2.56. The number of thiophene rings is 1. The fourth-order valence-electron chi connectivity index (χ4n) is 2.60. The zero-order chi connectivity index (χ0) is 19.3. The Balaban J connectivity index is 2.10. The van der Waals surface area contributed by atoms with Crippen molar-refractivity contribution in [3.63, 3.8) is 0 Å². The first kappa shape index (κ1) is 19.8. The van der Waals surface area contributed by atoms with Crippen molar-refractivity contribution in [1.29, 1.82) is 5.26 Å². The molecule has 2 N–H and O–H groups in total. The summed E-state index contributed by atoms with van der Waals surface area (Å²) in [5.74, 6) is 1.26. The number of nitrogens with zero attached hydrogens (tertiary/aromatic N) is 1. The molecule has 1 aromatic carbocycles. The number of nitriles is 1. The van der Waals surface area contributed by atoms with Crippen molar-refractivity contribution in [2.45, 2.75) is 26.4 Å². The van der Waals surface area contributed by atoms with Gasteiger partial charge in [0, 0.05) is 5.56 Å². The van der Waals surface area contributed by atoms with Crippen LogP contribution < -0.4 is 19.7 Å². The third kappa shape index (κ3) is 4.34. The van der Waals surface area contributed by atoms with Crippen LogP contribution in [-0.2, 0) is 11.3 Å². The van der Waals surface area contributed by atoms with E-state index in [-0.39, 0.29) is 11.9 Å². The summed E-state index contributed by atoms with van der Waals surface area (Å²) in [5.41, 5.74) is 2.66. The number of carbonyl (C=O) groups is 1. The zero-order valence-corrected chi connectivity index (χ0v) is 16.5. The second-order valence-electron chi connectivity index (χ2n) is 6.14. The average Bonchev–Trinajstić information content (AvgIpc) is 3.09. The van der Waals surface area contributed by atoms with Crippen LogP contribution in [0.5, 0.6) is 11.5 Å². The number of amides is 1. The molecule has 0 saturated carbocycles. The van der Waals surface area contributed by atoms with Crippen molar-refractivity contribution < 1.29 is 19.2 Å². The number of anilines is 1. The molecule has 7 heteroatoms. The van der Waals surface area contributed by atoms with Gasteiger partial charge in [-0.15, -0.1) is 11.3 Å². The van der Waals surface area contributed by atoms with Gasteiger partial charge in [0.1, 0.15) is 17.6 Å². The lowest BCUT2D eigenvalue weighted by Gasteiger charge is -2.22. The molecule has 0 spiro atoms. The highest BCUT2D eigenvalue weighted by Gasteiger charge is 2.24. The Morgan fingerprint density at radius 3 is 2.62 bits per heavy atom. The molecular formula is C19H24N3O3S+. The van der Waals surface area contributed by atoms with Crippen molar-refractivity contribution in [2.24, 2.45) is 0 Å². The Morgan fingerprint density at radius 2 is 2.00 bits per heavy atom. The van der Waals surface area contributed by atoms with E-state index in [1.54, 1.807) is 25.7 Å². The van der Waals surface area contributed by atoms with Crippen LogP contribution in [0, 0.1) is 18.3 Å². The number of carbonyl (C=O) groups excluding carboxylic acids is 1. The monoisotopic (exact) mass is 374 g/mol. The predicted molar refractivity (Wildman–Crippen MR) is 102 cm³/mol. The first-order valence-corrected chi connectivity index (χ1v) is 9.11. The number of likely N-dealkylation sites (N-methyl/N-ethyl adjacent to an activating group) is 1. The van der Waals surface area contributed by atoms with Crippen LogP contribution in [0.15, 0.2) is 23.6 Å². The molecule has 0 aliphatic carbocycles. The molecule has 138 valence electrons. The number of ether oxygens (including phenoxy) is 2. The van der Waals surface area contributed by atoms with Crippen LogP contribution in [0.2, 0.25) is 0 Å². The first-order chi connectivity index (χ1) is 12.4. The van der Waals surface area contributed by atoms with E-state index in [1.165, 1.54) is 11.3 Å². The molecule has 0 aliphatic heterocycles. The predicted octanol–water partition coefficient (Wildman–Crippen LogP) is 1.99. The number of rotatable bonds is 7. The summed E-state index contributed by atoms with van der Waals surface area (Å²) < 4.78 is 10.7. The Bertz CT molecular complexity index is 826. The van der Waals surface area contributed by atoms with E-state index in [9.17, 15) is 4.79 Å². The SMILES string of the molecule is COc1cc(C)c(C[NH+](C)[C@H](C)C(=O)Nc2sccc2C#N)cc1OC. The largest absolute Gasteiger partial charge is 0.493 e. The first-order valence-electron chi connectivity index (χ1n) is 8.23. The highest BCUT2D eigenvalue weighted by atomic mass is 32.1. The summed E-state index contributed by atoms with van der Waals surface area (Å²) in [7, 11) is 5.19. The van der Waals surface area contributed by atoms with E-state index in [1.807, 2.05) is 33.0 Å². The van der Waals surface area contributed by atoms with Crippen LogP contribution in [0.3, 0.4) is 0 Å². The Labute approximate surface area is 158 Å². The normalized spacial score (nSPS) is 12.8. The molecule has 0 saturated heterocycles. The lowest BCUT2D eigenvalue weighted by molar-refractivity contribution is -0.907. The maximum Gasteiger partial charge on any atom is 0.283 e. The molecule has 2 atom stereocenters. The van der Waals surface area contributed by atoms with E-state index >= 15 is 0 Å². The van der Waals surface area contributed by atoms with Gasteiger partial charge in [-0.2, -0.15) is 5.26 Å². The van der Waals surface area contributed by atoms with Crippen LogP contribution >= 0.6 is 11.3 Å². The standard InChI is InChI=1S/C19H23N3O3S/c1-12-8-16(24-4)17(25-5)9-15(12)11-22(3)13(2)18(23)21-19-14(10-20)6-7-26-19/h6-9,13H,11H2,1-5H3,(H,21,23)/p+1/t13-/m1/s1. The lowest BCUT2D eigenvalue weighted by atomic mass is 10.1. The molecule has 6 nitrogen and oxygen atoms in total. The quantitative estimate of drug-likeness (QED) is 0.777. The number of quaternary nitrogens is 1. The van der Waals surface area contributed by atoms with Gasteiger partial charge in [-0.25, -0.2) is 0 Å². The Morgan fingerprint density at radius 1 is 1.35 bits per heavy atom. The van der Waals surface area contributed by atoms with E-state index in [0.29, 0.717) is 28.6 Å². The number of benzene rings is 1. The van der Waals surface area contributed by atoms with Gasteiger partial charge in [-0.1, -0.05) is 0 Å². The molecule has 0 bridgehead atoms. The summed E-state index contributed by atoms with van der Waals surface area (Å²) in [6.45, 7) is 4.55. The number of nitrogens with one attached hydrogen (secondary N) is 2. The number of aryl methyl sites for hydroxylation is 1. The van der Waals surface area contributed by atoms with Gasteiger partial charge in [0.05, 0.1) is 26.8 Å². The second-order valence-corrected chi connectivity index (χ2v) is 7.06. The van der Waals surface area contributed by atoms with Crippen LogP contribution in [0.4, 0.5) is 5.00 Å². The number of hydrogen-bond donors (Lipinski definition) is 2. The van der Waals surface area contributed by atoms with E-state index in [0.717, 1.165) is 16.0 Å². The van der Waals surface area contributed by atoms with Crippen molar-refractivity contribution in [3.05, 3.63) is 40.3 Å². The molecule has 1 amide bonds. The summed E-state index contributed by atoms with van der Waals surface area (Å²) >= 11 is 1.35. The number of methoxy groups -OCH3 is 2. The molecule has 1 unspecified atom stereocenters. The van der Waals surface area contributed by atoms with Crippen LogP contribution in [-0.4, -0.2) is 33.2 Å². The molecular weight excluding hydrogens is 350 g/mol. The molecule has 1 aromatic heterocycles. The molecule has 2 aromatic rings. The van der Waals surface area contributed by atoms with Crippen molar-refractivity contribution in [2.75, 3.05) is 26.6 Å². The molecule has 26 heavy (non-hydrogen) atoms. The fourth-order valence-corrected chi connectivity index (χ4v) is 3.35. The summed E-state index contributed by atoms with van der Waals surface area (Å²) in [4.78, 5) is 13.6. The maximum absolute atomic E-state index is 12.5. The van der Waals surface area contributed by atoms with Crippen LogP contribution in [0.25, 0.3) is 0 Å². The van der Waals surface area contributed by atoms with Gasteiger partial charge >= 0.3 is 0 Å². The molecule has 0 radical (unpaired) electrons. The highest BCUT2D eigenvalue weighted by molar-refractivity contribution is 7.14. The third-order valence-corrected chi connectivity index (χ3v) is 5.30. The minimum atomic E-state index is -0.281. The average molecular weight is 374 g/mol. The van der Waals surface area contributed by atoms with Gasteiger partial charge in [-0.3, -0.25) is 4.79 Å². The van der Waals surface area contributed by atoms with E-state index < -0.39 is 0 Å². The van der Waals surface area contributed by atoms with Crippen LogP contribution in [0.1, 0.15) is 23.6 Å². The van der Waals surface area contributed by atoms with Crippen molar-refractivity contribution >= 4 is 22.2 Å². The van der Waals surface area contributed by atoms with Gasteiger partial charge in [0.25, 0.3) is 5.91 Å².